The van der Waals surface area contributed by atoms with Crippen molar-refractivity contribution in [1.82, 2.24) is 0 Å². The smallest absolute Gasteiger partial charge is 0.306 e. The Balaban J connectivity index is 3.45. The maximum absolute atomic E-state index is 11.0. The highest BCUT2D eigenvalue weighted by Gasteiger charge is 2.17. The molecule has 0 saturated heterocycles. The van der Waals surface area contributed by atoms with E-state index in [4.69, 9.17) is 10.2 Å². The van der Waals surface area contributed by atoms with E-state index in [1.807, 2.05) is 0 Å². The number of rotatable bonds is 15. The van der Waals surface area contributed by atoms with Crippen molar-refractivity contribution in [2.75, 3.05) is 0 Å². The van der Waals surface area contributed by atoms with Crippen LogP contribution in [-0.4, -0.2) is 22.2 Å². The van der Waals surface area contributed by atoms with Crippen LogP contribution in [0.25, 0.3) is 0 Å². The summed E-state index contributed by atoms with van der Waals surface area (Å²) in [4.78, 5) is 21.5. The fourth-order valence-corrected chi connectivity index (χ4v) is 2.57. The van der Waals surface area contributed by atoms with Crippen LogP contribution in [0, 0.1) is 5.92 Å². The number of carboxylic acid groups (broad SMARTS) is 2. The molecule has 1 unspecified atom stereocenters. The van der Waals surface area contributed by atoms with Crippen molar-refractivity contribution in [3.8, 4) is 0 Å². The number of hydrogen-bond donors (Lipinski definition) is 2. The summed E-state index contributed by atoms with van der Waals surface area (Å²) >= 11 is 0. The lowest BCUT2D eigenvalue weighted by molar-refractivity contribution is -0.143. The predicted molar refractivity (Wildman–Crippen MR) is 84.5 cm³/mol. The molecule has 0 fully saturated rings. The fourth-order valence-electron chi connectivity index (χ4n) is 2.57. The Morgan fingerprint density at radius 2 is 1.24 bits per heavy atom. The predicted octanol–water partition coefficient (Wildman–Crippen LogP) is 4.86. The van der Waals surface area contributed by atoms with Gasteiger partial charge in [-0.2, -0.15) is 0 Å². The highest BCUT2D eigenvalue weighted by molar-refractivity contribution is 5.72. The topological polar surface area (TPSA) is 74.6 Å². The third-order valence-electron chi connectivity index (χ3n) is 3.96. The highest BCUT2D eigenvalue weighted by Crippen LogP contribution is 2.17. The van der Waals surface area contributed by atoms with Crippen molar-refractivity contribution < 1.29 is 19.8 Å². The number of aliphatic carboxylic acids is 2. The maximum Gasteiger partial charge on any atom is 0.306 e. The van der Waals surface area contributed by atoms with Crippen molar-refractivity contribution in [2.45, 2.75) is 90.4 Å². The van der Waals surface area contributed by atoms with Crippen molar-refractivity contribution in [2.24, 2.45) is 5.92 Å². The molecule has 124 valence electrons. The minimum atomic E-state index is -0.913. The van der Waals surface area contributed by atoms with Crippen molar-refractivity contribution in [1.29, 1.82) is 0 Å². The van der Waals surface area contributed by atoms with Crippen LogP contribution in [0.15, 0.2) is 0 Å². The Hall–Kier alpha value is -1.06. The van der Waals surface area contributed by atoms with E-state index < -0.39 is 17.9 Å². The summed E-state index contributed by atoms with van der Waals surface area (Å²) in [6.07, 6.45) is 13.1. The molecule has 0 spiro atoms. The minimum Gasteiger partial charge on any atom is -0.481 e. The minimum absolute atomic E-state index is 0.0469. The van der Waals surface area contributed by atoms with Crippen molar-refractivity contribution >= 4 is 11.9 Å². The summed E-state index contributed by atoms with van der Waals surface area (Å²) in [5.41, 5.74) is 0. The van der Waals surface area contributed by atoms with Crippen LogP contribution in [0.5, 0.6) is 0 Å². The zero-order chi connectivity index (χ0) is 15.9. The first-order chi connectivity index (χ1) is 10.1. The van der Waals surface area contributed by atoms with Crippen molar-refractivity contribution in [3.63, 3.8) is 0 Å². The van der Waals surface area contributed by atoms with Gasteiger partial charge in [-0.05, 0) is 12.8 Å². The molecule has 0 amide bonds. The molecule has 0 heterocycles. The third kappa shape index (κ3) is 13.7. The van der Waals surface area contributed by atoms with Crippen LogP contribution in [0.2, 0.25) is 0 Å². The van der Waals surface area contributed by atoms with E-state index in [1.165, 1.54) is 51.4 Å². The summed E-state index contributed by atoms with van der Waals surface area (Å²) in [7, 11) is 0. The van der Waals surface area contributed by atoms with Gasteiger partial charge in [0.05, 0.1) is 5.92 Å². The number of hydrogen-bond acceptors (Lipinski definition) is 2. The molecule has 0 aliphatic heterocycles. The first-order valence-electron chi connectivity index (χ1n) is 8.52. The van der Waals surface area contributed by atoms with Crippen LogP contribution in [0.4, 0.5) is 0 Å². The average Bonchev–Trinajstić information content (AvgIpc) is 2.43. The summed E-state index contributed by atoms with van der Waals surface area (Å²) in [6.45, 7) is 2.22. The molecule has 0 bridgehead atoms. The summed E-state index contributed by atoms with van der Waals surface area (Å²) < 4.78 is 0. The van der Waals surface area contributed by atoms with Crippen LogP contribution < -0.4 is 0 Å². The van der Waals surface area contributed by atoms with E-state index in [2.05, 4.69) is 6.92 Å². The standard InChI is InChI=1S/C17H32O4/c1-2-3-4-5-6-7-8-9-10-11-12-15(17(20)21)13-14-16(18)19/h15H,2-14H2,1H3,(H,18,19)(H,20,21). The van der Waals surface area contributed by atoms with Crippen LogP contribution >= 0.6 is 0 Å². The summed E-state index contributed by atoms with van der Waals surface area (Å²) in [6, 6.07) is 0. The third-order valence-corrected chi connectivity index (χ3v) is 3.96. The molecule has 0 rings (SSSR count). The van der Waals surface area contributed by atoms with Gasteiger partial charge in [0.1, 0.15) is 0 Å². The first-order valence-corrected chi connectivity index (χ1v) is 8.52. The van der Waals surface area contributed by atoms with Crippen LogP contribution in [0.3, 0.4) is 0 Å². The molecule has 0 aromatic rings. The zero-order valence-corrected chi connectivity index (χ0v) is 13.5. The average molecular weight is 300 g/mol. The van der Waals surface area contributed by atoms with Gasteiger partial charge in [-0.15, -0.1) is 0 Å². The molecule has 0 radical (unpaired) electrons. The van der Waals surface area contributed by atoms with Crippen molar-refractivity contribution in [3.05, 3.63) is 0 Å². The van der Waals surface area contributed by atoms with E-state index in [9.17, 15) is 9.59 Å². The molecule has 0 saturated carbocycles. The van der Waals surface area contributed by atoms with Crippen LogP contribution in [-0.2, 0) is 9.59 Å². The second-order valence-electron chi connectivity index (χ2n) is 5.94. The molecule has 0 aliphatic rings. The second kappa shape index (κ2) is 13.9. The molecular formula is C17H32O4. The second-order valence-corrected chi connectivity index (χ2v) is 5.94. The number of carbonyl (C=O) groups is 2. The van der Waals surface area contributed by atoms with E-state index in [1.54, 1.807) is 0 Å². The fraction of sp³-hybridized carbons (Fsp3) is 0.882. The normalized spacial score (nSPS) is 12.2. The monoisotopic (exact) mass is 300 g/mol. The van der Waals surface area contributed by atoms with Gasteiger partial charge in [0.2, 0.25) is 0 Å². The Morgan fingerprint density at radius 1 is 0.762 bits per heavy atom. The quantitative estimate of drug-likeness (QED) is 0.423. The first kappa shape index (κ1) is 19.9. The Kier molecular flexibility index (Phi) is 13.2. The lowest BCUT2D eigenvalue weighted by Gasteiger charge is -2.10. The molecule has 0 aromatic carbocycles. The Labute approximate surface area is 128 Å². The molecule has 1 atom stereocenters. The van der Waals surface area contributed by atoms with E-state index in [0.717, 1.165) is 12.8 Å². The van der Waals surface area contributed by atoms with E-state index in [0.29, 0.717) is 6.42 Å². The molecule has 0 aliphatic carbocycles. The largest absolute Gasteiger partial charge is 0.481 e. The Bertz CT molecular complexity index is 276. The van der Waals surface area contributed by atoms with Gasteiger partial charge < -0.3 is 10.2 Å². The van der Waals surface area contributed by atoms with E-state index >= 15 is 0 Å². The summed E-state index contributed by atoms with van der Waals surface area (Å²) in [5, 5.41) is 17.6. The summed E-state index contributed by atoms with van der Waals surface area (Å²) in [5.74, 6) is -2.26. The lowest BCUT2D eigenvalue weighted by Crippen LogP contribution is -2.15. The Morgan fingerprint density at radius 3 is 1.67 bits per heavy atom. The highest BCUT2D eigenvalue weighted by atomic mass is 16.4. The SMILES string of the molecule is CCCCCCCCCCCCC(CCC(=O)O)C(=O)O. The van der Waals surface area contributed by atoms with Gasteiger partial charge in [0.25, 0.3) is 0 Å². The van der Waals surface area contributed by atoms with Gasteiger partial charge in [-0.25, -0.2) is 0 Å². The number of carboxylic acids is 2. The van der Waals surface area contributed by atoms with Gasteiger partial charge in [0.15, 0.2) is 0 Å². The van der Waals surface area contributed by atoms with Crippen LogP contribution in [0.1, 0.15) is 90.4 Å². The van der Waals surface area contributed by atoms with Gasteiger partial charge >= 0.3 is 11.9 Å². The number of unbranched alkanes of at least 4 members (excludes halogenated alkanes) is 9. The molecular weight excluding hydrogens is 268 g/mol. The van der Waals surface area contributed by atoms with Gasteiger partial charge in [0, 0.05) is 6.42 Å². The molecule has 4 nitrogen and oxygen atoms in total. The molecule has 21 heavy (non-hydrogen) atoms. The van der Waals surface area contributed by atoms with Gasteiger partial charge in [-0.3, -0.25) is 9.59 Å². The maximum atomic E-state index is 11.0. The zero-order valence-electron chi connectivity index (χ0n) is 13.5. The molecule has 2 N–H and O–H groups in total. The van der Waals surface area contributed by atoms with Gasteiger partial charge in [-0.1, -0.05) is 71.1 Å². The molecule has 4 heteroatoms. The lowest BCUT2D eigenvalue weighted by atomic mass is 9.95. The van der Waals surface area contributed by atoms with E-state index in [-0.39, 0.29) is 12.8 Å². The molecule has 0 aromatic heterocycles.